The molecule has 0 rings (SSSR count). The normalized spacial score (nSPS) is 13.2. The predicted molar refractivity (Wildman–Crippen MR) is 260 cm³/mol. The summed E-state index contributed by atoms with van der Waals surface area (Å²) in [6.07, 6.45) is 54.2. The van der Waals surface area contributed by atoms with E-state index in [0.717, 1.165) is 57.8 Å². The molecule has 0 aromatic rings. The third-order valence-corrected chi connectivity index (χ3v) is 12.6. The average molecular weight is 848 g/mol. The minimum Gasteiger partial charge on any atom is -0.462 e. The maximum atomic E-state index is 13.2. The molecule has 0 aliphatic rings. The van der Waals surface area contributed by atoms with E-state index in [9.17, 15) is 19.8 Å². The van der Waals surface area contributed by atoms with E-state index >= 15 is 0 Å². The van der Waals surface area contributed by atoms with Crippen LogP contribution in [0.15, 0.2) is 12.2 Å². The van der Waals surface area contributed by atoms with Gasteiger partial charge in [0, 0.05) is 6.42 Å². The highest BCUT2D eigenvalue weighted by Gasteiger charge is 2.24. The van der Waals surface area contributed by atoms with Crippen molar-refractivity contribution in [2.45, 2.75) is 315 Å². The van der Waals surface area contributed by atoms with Crippen LogP contribution in [0.2, 0.25) is 0 Å². The summed E-state index contributed by atoms with van der Waals surface area (Å²) in [5.74, 6) is -0.470. The maximum Gasteiger partial charge on any atom is 0.306 e. The fraction of sp³-hybridized carbons (Fsp3) is 0.926. The van der Waals surface area contributed by atoms with E-state index < -0.39 is 18.2 Å². The number of hydrogen-bond donors (Lipinski definition) is 3. The third-order valence-electron chi connectivity index (χ3n) is 12.6. The van der Waals surface area contributed by atoms with Crippen LogP contribution < -0.4 is 5.32 Å². The number of esters is 1. The predicted octanol–water partition coefficient (Wildman–Crippen LogP) is 16.1. The van der Waals surface area contributed by atoms with Gasteiger partial charge in [-0.25, -0.2) is 0 Å². The number of rotatable bonds is 49. The van der Waals surface area contributed by atoms with Crippen molar-refractivity contribution in [1.29, 1.82) is 0 Å². The molecule has 0 aliphatic carbocycles. The fourth-order valence-corrected chi connectivity index (χ4v) is 8.49. The summed E-state index contributed by atoms with van der Waals surface area (Å²) in [4.78, 5) is 26.2. The summed E-state index contributed by atoms with van der Waals surface area (Å²) < 4.78 is 5.94. The lowest BCUT2D eigenvalue weighted by atomic mass is 10.0. The van der Waals surface area contributed by atoms with E-state index in [1.54, 1.807) is 0 Å². The van der Waals surface area contributed by atoms with E-state index in [0.29, 0.717) is 19.3 Å². The van der Waals surface area contributed by atoms with Gasteiger partial charge in [0.15, 0.2) is 0 Å². The molecule has 0 aromatic carbocycles. The number of hydrogen-bond acceptors (Lipinski definition) is 5. The summed E-state index contributed by atoms with van der Waals surface area (Å²) in [6.45, 7) is 6.50. The first kappa shape index (κ1) is 58.6. The van der Waals surface area contributed by atoms with Crippen LogP contribution in [-0.4, -0.2) is 46.9 Å². The molecule has 0 aromatic heterocycles. The van der Waals surface area contributed by atoms with Crippen molar-refractivity contribution in [3.63, 3.8) is 0 Å². The first-order valence-corrected chi connectivity index (χ1v) is 26.9. The zero-order chi connectivity index (χ0) is 43.8. The van der Waals surface area contributed by atoms with Gasteiger partial charge in [0.1, 0.15) is 6.10 Å². The first-order valence-electron chi connectivity index (χ1n) is 26.9. The van der Waals surface area contributed by atoms with Crippen molar-refractivity contribution in [3.05, 3.63) is 12.2 Å². The quantitative estimate of drug-likeness (QED) is 0.0322. The van der Waals surface area contributed by atoms with Crippen LogP contribution >= 0.6 is 0 Å². The fourth-order valence-electron chi connectivity index (χ4n) is 8.49. The van der Waals surface area contributed by atoms with Crippen molar-refractivity contribution in [2.75, 3.05) is 6.61 Å². The van der Waals surface area contributed by atoms with E-state index in [2.05, 4.69) is 38.2 Å². The highest BCUT2D eigenvalue weighted by molar-refractivity contribution is 5.77. The Hall–Kier alpha value is -1.40. The topological polar surface area (TPSA) is 95.9 Å². The van der Waals surface area contributed by atoms with E-state index in [1.165, 1.54) is 193 Å². The molecule has 0 bridgehead atoms. The Kier molecular flexibility index (Phi) is 47.5. The highest BCUT2D eigenvalue weighted by atomic mass is 16.5. The van der Waals surface area contributed by atoms with Crippen LogP contribution in [-0.2, 0) is 14.3 Å². The monoisotopic (exact) mass is 848 g/mol. The Morgan fingerprint density at radius 3 is 1.20 bits per heavy atom. The number of carbonyl (C=O) groups is 2. The van der Waals surface area contributed by atoms with Gasteiger partial charge in [-0.3, -0.25) is 9.59 Å². The molecule has 3 unspecified atom stereocenters. The SMILES string of the molecule is CCCCCCCCCCC/C=C/CCCCCC(CC(=O)NC(CO)C(O)CCCCCCCCCCCCC)OC(=O)CCCCCCCCCCCCCCCC. The Bertz CT molecular complexity index is 909. The van der Waals surface area contributed by atoms with Crippen molar-refractivity contribution in [1.82, 2.24) is 5.32 Å². The largest absolute Gasteiger partial charge is 0.462 e. The van der Waals surface area contributed by atoms with Gasteiger partial charge in [0.05, 0.1) is 25.2 Å². The zero-order valence-electron chi connectivity index (χ0n) is 40.6. The minimum atomic E-state index is -0.785. The number of aliphatic hydroxyl groups excluding tert-OH is 2. The molecule has 0 spiro atoms. The molecule has 0 saturated heterocycles. The molecule has 60 heavy (non-hydrogen) atoms. The van der Waals surface area contributed by atoms with Crippen molar-refractivity contribution in [3.8, 4) is 0 Å². The van der Waals surface area contributed by atoms with Gasteiger partial charge in [-0.1, -0.05) is 245 Å². The molecule has 3 atom stereocenters. The Morgan fingerprint density at radius 2 is 0.800 bits per heavy atom. The molecule has 6 nitrogen and oxygen atoms in total. The van der Waals surface area contributed by atoms with E-state index in [1.807, 2.05) is 0 Å². The highest BCUT2D eigenvalue weighted by Crippen LogP contribution is 2.18. The molecule has 0 heterocycles. The van der Waals surface area contributed by atoms with Gasteiger partial charge in [-0.2, -0.15) is 0 Å². The Labute approximate surface area is 374 Å². The van der Waals surface area contributed by atoms with Gasteiger partial charge in [-0.15, -0.1) is 0 Å². The first-order chi connectivity index (χ1) is 29.5. The van der Waals surface area contributed by atoms with Gasteiger partial charge in [0.25, 0.3) is 0 Å². The number of aliphatic hydroxyl groups is 2. The second kappa shape index (κ2) is 48.6. The second-order valence-electron chi connectivity index (χ2n) is 18.6. The van der Waals surface area contributed by atoms with Crippen molar-refractivity contribution < 1.29 is 24.5 Å². The van der Waals surface area contributed by atoms with Crippen LogP contribution in [0.4, 0.5) is 0 Å². The molecule has 0 radical (unpaired) electrons. The Morgan fingerprint density at radius 1 is 0.467 bits per heavy atom. The van der Waals surface area contributed by atoms with Crippen molar-refractivity contribution in [2.24, 2.45) is 0 Å². The van der Waals surface area contributed by atoms with Crippen LogP contribution in [0, 0.1) is 0 Å². The summed E-state index contributed by atoms with van der Waals surface area (Å²) in [6, 6.07) is -0.699. The molecular weight excluding hydrogens is 743 g/mol. The summed E-state index contributed by atoms with van der Waals surface area (Å²) in [5.41, 5.74) is 0. The van der Waals surface area contributed by atoms with Gasteiger partial charge in [0.2, 0.25) is 5.91 Å². The lowest BCUT2D eigenvalue weighted by molar-refractivity contribution is -0.151. The van der Waals surface area contributed by atoms with Crippen LogP contribution in [0.3, 0.4) is 0 Å². The number of carbonyl (C=O) groups excluding carboxylic acids is 2. The summed E-state index contributed by atoms with van der Waals surface area (Å²) in [5, 5.41) is 23.8. The standard InChI is InChI=1S/C54H105NO5/c1-4-7-10-13-16-19-22-24-26-27-28-31-33-36-39-42-45-50(60-54(59)47-44-41-38-35-32-29-25-23-20-17-14-11-8-5-2)48-53(58)55-51(49-56)52(57)46-43-40-37-34-30-21-18-15-12-9-6-3/h28,31,50-52,56-57H,4-27,29-30,32-49H2,1-3H3,(H,55,58)/b31-28+. The molecular formula is C54H105NO5. The van der Waals surface area contributed by atoms with Gasteiger partial charge in [-0.05, 0) is 51.4 Å². The van der Waals surface area contributed by atoms with Crippen molar-refractivity contribution >= 4 is 11.9 Å². The average Bonchev–Trinajstić information content (AvgIpc) is 3.24. The van der Waals surface area contributed by atoms with Gasteiger partial charge >= 0.3 is 5.97 Å². The molecule has 6 heteroatoms. The maximum absolute atomic E-state index is 13.2. The number of nitrogens with one attached hydrogen (secondary N) is 1. The number of allylic oxidation sites excluding steroid dienone is 2. The number of amides is 1. The molecule has 356 valence electrons. The molecule has 0 fully saturated rings. The second-order valence-corrected chi connectivity index (χ2v) is 18.6. The molecule has 1 amide bonds. The van der Waals surface area contributed by atoms with Gasteiger partial charge < -0.3 is 20.3 Å². The molecule has 3 N–H and O–H groups in total. The molecule has 0 aliphatic heterocycles. The Balaban J connectivity index is 4.56. The molecule has 0 saturated carbocycles. The van der Waals surface area contributed by atoms with E-state index in [-0.39, 0.29) is 24.9 Å². The van der Waals surface area contributed by atoms with Crippen LogP contribution in [0.1, 0.15) is 297 Å². The number of ether oxygens (including phenoxy) is 1. The summed E-state index contributed by atoms with van der Waals surface area (Å²) in [7, 11) is 0. The van der Waals surface area contributed by atoms with Crippen LogP contribution in [0.5, 0.6) is 0 Å². The minimum absolute atomic E-state index is 0.0742. The van der Waals surface area contributed by atoms with E-state index in [4.69, 9.17) is 4.74 Å². The zero-order valence-corrected chi connectivity index (χ0v) is 40.6. The smallest absolute Gasteiger partial charge is 0.306 e. The van der Waals surface area contributed by atoms with Crippen LogP contribution in [0.25, 0.3) is 0 Å². The third kappa shape index (κ3) is 43.3. The lowest BCUT2D eigenvalue weighted by Crippen LogP contribution is -2.46. The summed E-state index contributed by atoms with van der Waals surface area (Å²) >= 11 is 0. The number of unbranched alkanes of at least 4 members (excludes halogenated alkanes) is 35. The lowest BCUT2D eigenvalue weighted by Gasteiger charge is -2.24.